The minimum absolute atomic E-state index is 0.145. The number of carbonyl (C=O) groups excluding carboxylic acids is 1. The Morgan fingerprint density at radius 1 is 1.09 bits per heavy atom. The zero-order valence-corrected chi connectivity index (χ0v) is 20.2. The predicted octanol–water partition coefficient (Wildman–Crippen LogP) is 2.71. The third-order valence-corrected chi connectivity index (χ3v) is 7.77. The zero-order chi connectivity index (χ0) is 23.3. The number of hydrogen-bond acceptors (Lipinski definition) is 6. The Balaban J connectivity index is 1.88. The number of carbonyl (C=O) groups is 1. The molecule has 32 heavy (non-hydrogen) atoms. The summed E-state index contributed by atoms with van der Waals surface area (Å²) in [5.74, 6) is 0.547. The minimum Gasteiger partial charge on any atom is -0.371 e. The second-order valence-electron chi connectivity index (χ2n) is 8.06. The van der Waals surface area contributed by atoms with Crippen molar-refractivity contribution in [3.05, 3.63) is 47.7 Å². The molecule has 0 unspecified atom stereocenters. The van der Waals surface area contributed by atoms with E-state index in [1.54, 1.807) is 18.3 Å². The molecule has 0 spiro atoms. The summed E-state index contributed by atoms with van der Waals surface area (Å²) in [5, 5.41) is 2.94. The summed E-state index contributed by atoms with van der Waals surface area (Å²) in [6, 6.07) is 8.72. The van der Waals surface area contributed by atoms with E-state index < -0.39 is 10.0 Å². The van der Waals surface area contributed by atoms with Crippen LogP contribution in [0.15, 0.2) is 41.4 Å². The number of aromatic nitrogens is 1. The molecule has 174 valence electrons. The van der Waals surface area contributed by atoms with Gasteiger partial charge < -0.3 is 15.1 Å². The first-order chi connectivity index (χ1) is 15.3. The smallest absolute Gasteiger partial charge is 0.253 e. The van der Waals surface area contributed by atoms with Crippen LogP contribution >= 0.6 is 0 Å². The summed E-state index contributed by atoms with van der Waals surface area (Å²) in [7, 11) is 0.182. The van der Waals surface area contributed by atoms with Crippen LogP contribution in [0.3, 0.4) is 0 Å². The number of rotatable bonds is 9. The minimum atomic E-state index is -3.66. The highest BCUT2D eigenvalue weighted by atomic mass is 32.2. The van der Waals surface area contributed by atoms with Crippen LogP contribution in [-0.2, 0) is 16.6 Å². The van der Waals surface area contributed by atoms with E-state index >= 15 is 0 Å². The van der Waals surface area contributed by atoms with E-state index in [0.29, 0.717) is 25.2 Å². The number of benzene rings is 1. The van der Waals surface area contributed by atoms with Gasteiger partial charge in [0.15, 0.2) is 0 Å². The van der Waals surface area contributed by atoms with Crippen molar-refractivity contribution in [3.8, 4) is 0 Å². The highest BCUT2D eigenvalue weighted by Crippen LogP contribution is 2.28. The average molecular weight is 460 g/mol. The van der Waals surface area contributed by atoms with Crippen molar-refractivity contribution in [2.75, 3.05) is 50.1 Å². The lowest BCUT2D eigenvalue weighted by atomic mass is 10.1. The number of sulfonamides is 1. The van der Waals surface area contributed by atoms with Crippen molar-refractivity contribution >= 4 is 27.4 Å². The molecular weight excluding hydrogens is 426 g/mol. The molecule has 1 fully saturated rings. The maximum Gasteiger partial charge on any atom is 0.253 e. The first kappa shape index (κ1) is 24.0. The van der Waals surface area contributed by atoms with Crippen molar-refractivity contribution in [1.82, 2.24) is 14.6 Å². The van der Waals surface area contributed by atoms with Crippen LogP contribution in [0.2, 0.25) is 0 Å². The van der Waals surface area contributed by atoms with Gasteiger partial charge in [-0.1, -0.05) is 19.9 Å². The Morgan fingerprint density at radius 3 is 2.34 bits per heavy atom. The lowest BCUT2D eigenvalue weighted by Gasteiger charge is -2.23. The number of nitrogens with one attached hydrogen (secondary N) is 1. The van der Waals surface area contributed by atoms with E-state index in [4.69, 9.17) is 0 Å². The fourth-order valence-corrected chi connectivity index (χ4v) is 5.35. The molecule has 0 atom stereocenters. The normalized spacial score (nSPS) is 14.1. The number of pyridine rings is 1. The first-order valence-corrected chi connectivity index (χ1v) is 12.5. The SMILES string of the molecule is CCN(CC)S(=O)(=O)c1ccc(N2CCCC2)c(C(=O)NCc2ccc(N(C)C)nc2)c1. The highest BCUT2D eigenvalue weighted by Gasteiger charge is 2.26. The molecule has 2 heterocycles. The zero-order valence-electron chi connectivity index (χ0n) is 19.3. The number of hydrogen-bond donors (Lipinski definition) is 1. The third-order valence-electron chi connectivity index (χ3n) is 5.72. The van der Waals surface area contributed by atoms with E-state index in [-0.39, 0.29) is 10.8 Å². The molecule has 2 aromatic rings. The van der Waals surface area contributed by atoms with Gasteiger partial charge in [0, 0.05) is 58.7 Å². The van der Waals surface area contributed by atoms with Crippen molar-refractivity contribution in [2.24, 2.45) is 0 Å². The van der Waals surface area contributed by atoms with Crippen LogP contribution in [0, 0.1) is 0 Å². The first-order valence-electron chi connectivity index (χ1n) is 11.1. The lowest BCUT2D eigenvalue weighted by molar-refractivity contribution is 0.0951. The third kappa shape index (κ3) is 5.21. The van der Waals surface area contributed by atoms with Crippen LogP contribution in [-0.4, -0.2) is 63.9 Å². The van der Waals surface area contributed by atoms with Gasteiger partial charge in [-0.3, -0.25) is 4.79 Å². The molecule has 8 nitrogen and oxygen atoms in total. The maximum atomic E-state index is 13.2. The van der Waals surface area contributed by atoms with Gasteiger partial charge in [-0.15, -0.1) is 0 Å². The fraction of sp³-hybridized carbons (Fsp3) is 0.478. The molecule has 1 aliphatic rings. The summed E-state index contributed by atoms with van der Waals surface area (Å²) in [6.45, 7) is 6.41. The van der Waals surface area contributed by atoms with E-state index in [0.717, 1.165) is 43.0 Å². The Bertz CT molecular complexity index is 1030. The number of anilines is 2. The second kappa shape index (κ2) is 10.3. The number of amides is 1. The van der Waals surface area contributed by atoms with Gasteiger partial charge in [0.25, 0.3) is 5.91 Å². The molecule has 0 aliphatic carbocycles. The summed E-state index contributed by atoms with van der Waals surface area (Å²) in [5.41, 5.74) is 2.04. The molecular formula is C23H33N5O3S. The molecule has 0 radical (unpaired) electrons. The van der Waals surface area contributed by atoms with Crippen molar-refractivity contribution in [3.63, 3.8) is 0 Å². The van der Waals surface area contributed by atoms with Gasteiger partial charge in [-0.05, 0) is 42.7 Å². The molecule has 1 amide bonds. The highest BCUT2D eigenvalue weighted by molar-refractivity contribution is 7.89. The molecule has 0 bridgehead atoms. The standard InChI is InChI=1S/C23H33N5O3S/c1-5-28(6-2)32(30,31)19-10-11-21(27-13-7-8-14-27)20(15-19)23(29)25-17-18-9-12-22(24-16-18)26(3)4/h9-12,15-16H,5-8,13-14,17H2,1-4H3,(H,25,29). The Morgan fingerprint density at radius 2 is 1.78 bits per heavy atom. The van der Waals surface area contributed by atoms with E-state index in [1.165, 1.54) is 10.4 Å². The quantitative estimate of drug-likeness (QED) is 0.621. The van der Waals surface area contributed by atoms with E-state index in [9.17, 15) is 13.2 Å². The molecule has 1 saturated heterocycles. The average Bonchev–Trinajstić information content (AvgIpc) is 3.32. The topological polar surface area (TPSA) is 85.8 Å². The lowest BCUT2D eigenvalue weighted by Crippen LogP contribution is -2.32. The van der Waals surface area contributed by atoms with Crippen molar-refractivity contribution in [2.45, 2.75) is 38.1 Å². The predicted molar refractivity (Wildman–Crippen MR) is 128 cm³/mol. The molecule has 9 heteroatoms. The molecule has 0 saturated carbocycles. The summed E-state index contributed by atoms with van der Waals surface area (Å²) >= 11 is 0. The molecule has 1 aliphatic heterocycles. The molecule has 1 aromatic carbocycles. The van der Waals surface area contributed by atoms with Crippen LogP contribution < -0.4 is 15.1 Å². The van der Waals surface area contributed by atoms with Gasteiger partial charge in [-0.2, -0.15) is 4.31 Å². The summed E-state index contributed by atoms with van der Waals surface area (Å²) in [4.78, 5) is 21.8. The Labute approximate surface area is 191 Å². The second-order valence-corrected chi connectivity index (χ2v) is 10.0. The number of nitrogens with zero attached hydrogens (tertiary/aromatic N) is 4. The summed E-state index contributed by atoms with van der Waals surface area (Å²) in [6.07, 6.45) is 3.85. The van der Waals surface area contributed by atoms with Crippen LogP contribution in [0.4, 0.5) is 11.5 Å². The van der Waals surface area contributed by atoms with E-state index in [1.807, 2.05) is 45.0 Å². The Hall–Kier alpha value is -2.65. The monoisotopic (exact) mass is 459 g/mol. The van der Waals surface area contributed by atoms with Crippen molar-refractivity contribution < 1.29 is 13.2 Å². The molecule has 3 rings (SSSR count). The van der Waals surface area contributed by atoms with Gasteiger partial charge in [0.1, 0.15) is 5.82 Å². The largest absolute Gasteiger partial charge is 0.371 e. The Kier molecular flexibility index (Phi) is 7.73. The van der Waals surface area contributed by atoms with Crippen LogP contribution in [0.25, 0.3) is 0 Å². The van der Waals surface area contributed by atoms with Gasteiger partial charge in [0.2, 0.25) is 10.0 Å². The fourth-order valence-electron chi connectivity index (χ4n) is 3.87. The van der Waals surface area contributed by atoms with Gasteiger partial charge in [-0.25, -0.2) is 13.4 Å². The van der Waals surface area contributed by atoms with Crippen LogP contribution in [0.5, 0.6) is 0 Å². The van der Waals surface area contributed by atoms with Gasteiger partial charge in [0.05, 0.1) is 10.5 Å². The maximum absolute atomic E-state index is 13.2. The summed E-state index contributed by atoms with van der Waals surface area (Å²) < 4.78 is 27.5. The van der Waals surface area contributed by atoms with Crippen molar-refractivity contribution in [1.29, 1.82) is 0 Å². The van der Waals surface area contributed by atoms with Gasteiger partial charge >= 0.3 is 0 Å². The van der Waals surface area contributed by atoms with E-state index in [2.05, 4.69) is 15.2 Å². The molecule has 1 aromatic heterocycles. The van der Waals surface area contributed by atoms with Crippen LogP contribution in [0.1, 0.15) is 42.6 Å². The molecule has 1 N–H and O–H groups in total.